The number of hydrogen-bond acceptors (Lipinski definition) is 3. The highest BCUT2D eigenvalue weighted by Crippen LogP contribution is 2.17. The zero-order valence-electron chi connectivity index (χ0n) is 11.5. The number of nitrogens with two attached hydrogens (primary N) is 1. The molecule has 108 valence electrons. The number of aliphatic imine (C=N–C) groups is 1. The third kappa shape index (κ3) is 2.70. The van der Waals surface area contributed by atoms with E-state index in [0.29, 0.717) is 5.57 Å². The molecule has 2 unspecified atom stereocenters. The molecular formula is C14H21N5O. The van der Waals surface area contributed by atoms with Gasteiger partial charge in [0.1, 0.15) is 0 Å². The fraction of sp³-hybridized carbons (Fsp3) is 0.571. The predicted octanol–water partition coefficient (Wildman–Crippen LogP) is -0.650. The second-order valence-corrected chi connectivity index (χ2v) is 5.44. The normalized spacial score (nSPS) is 30.8. The van der Waals surface area contributed by atoms with Crippen LogP contribution in [0, 0.1) is 0 Å². The van der Waals surface area contributed by atoms with Gasteiger partial charge in [0.25, 0.3) is 0 Å². The van der Waals surface area contributed by atoms with Crippen LogP contribution in [0.15, 0.2) is 28.8 Å². The third-order valence-corrected chi connectivity index (χ3v) is 4.05. The van der Waals surface area contributed by atoms with Gasteiger partial charge in [0.15, 0.2) is 5.96 Å². The summed E-state index contributed by atoms with van der Waals surface area (Å²) in [6, 6.07) is -0.0314. The minimum Gasteiger partial charge on any atom is -0.366 e. The molecule has 3 rings (SSSR count). The van der Waals surface area contributed by atoms with E-state index in [0.717, 1.165) is 19.0 Å². The van der Waals surface area contributed by atoms with Crippen LogP contribution in [0.4, 0.5) is 0 Å². The standard InChI is InChI=1S/C14H21N5O/c15-13(20)10-4-3-5-11-12(10)18-14(17-11)16-6-9-19-7-1-2-8-19/h3-5,11-12H,1-2,6-9H2,(H2,15,20)(H2,16,17,18). The maximum atomic E-state index is 11.4. The smallest absolute Gasteiger partial charge is 0.246 e. The number of allylic oxidation sites excluding steroid dienone is 2. The molecule has 0 saturated carbocycles. The molecule has 3 aliphatic rings. The SMILES string of the molecule is NC(=O)C1=CC=CC2NC(=NCCN3CCCC3)NC12. The van der Waals surface area contributed by atoms with Gasteiger partial charge in [-0.25, -0.2) is 0 Å². The van der Waals surface area contributed by atoms with Crippen LogP contribution >= 0.6 is 0 Å². The second kappa shape index (κ2) is 5.66. The first-order valence-corrected chi connectivity index (χ1v) is 7.22. The van der Waals surface area contributed by atoms with Gasteiger partial charge in [0, 0.05) is 12.1 Å². The molecule has 0 spiro atoms. The lowest BCUT2D eigenvalue weighted by molar-refractivity contribution is -0.114. The molecule has 4 N–H and O–H groups in total. The van der Waals surface area contributed by atoms with E-state index >= 15 is 0 Å². The molecule has 0 aromatic carbocycles. The lowest BCUT2D eigenvalue weighted by Gasteiger charge is -2.19. The van der Waals surface area contributed by atoms with Gasteiger partial charge in [0.2, 0.25) is 5.91 Å². The number of nitrogens with one attached hydrogen (secondary N) is 2. The molecule has 2 fully saturated rings. The number of carbonyl (C=O) groups excluding carboxylic acids is 1. The number of guanidine groups is 1. The fourth-order valence-electron chi connectivity index (χ4n) is 2.97. The van der Waals surface area contributed by atoms with Gasteiger partial charge in [-0.15, -0.1) is 0 Å². The van der Waals surface area contributed by atoms with Crippen LogP contribution in [-0.2, 0) is 4.79 Å². The highest BCUT2D eigenvalue weighted by molar-refractivity contribution is 5.97. The Bertz CT molecular complexity index is 476. The number of carbonyl (C=O) groups is 1. The zero-order valence-corrected chi connectivity index (χ0v) is 11.5. The summed E-state index contributed by atoms with van der Waals surface area (Å²) >= 11 is 0. The van der Waals surface area contributed by atoms with E-state index in [-0.39, 0.29) is 18.0 Å². The van der Waals surface area contributed by atoms with Crippen LogP contribution in [0.25, 0.3) is 0 Å². The molecule has 0 aromatic rings. The van der Waals surface area contributed by atoms with Crippen LogP contribution in [0.1, 0.15) is 12.8 Å². The summed E-state index contributed by atoms with van der Waals surface area (Å²) in [6.07, 6.45) is 8.26. The molecule has 6 heteroatoms. The minimum atomic E-state index is -0.378. The zero-order chi connectivity index (χ0) is 13.9. The lowest BCUT2D eigenvalue weighted by Crippen LogP contribution is -2.40. The molecule has 0 bridgehead atoms. The van der Waals surface area contributed by atoms with E-state index in [1.807, 2.05) is 12.2 Å². The van der Waals surface area contributed by atoms with Gasteiger partial charge in [-0.1, -0.05) is 18.2 Å². The minimum absolute atomic E-state index is 0.0630. The summed E-state index contributed by atoms with van der Waals surface area (Å²) in [7, 11) is 0. The molecule has 2 aliphatic heterocycles. The predicted molar refractivity (Wildman–Crippen MR) is 78.2 cm³/mol. The molecule has 2 heterocycles. The van der Waals surface area contributed by atoms with Crippen LogP contribution in [-0.4, -0.2) is 55.0 Å². The van der Waals surface area contributed by atoms with Gasteiger partial charge < -0.3 is 21.3 Å². The average Bonchev–Trinajstić information content (AvgIpc) is 3.06. The van der Waals surface area contributed by atoms with Crippen molar-refractivity contribution >= 4 is 11.9 Å². The summed E-state index contributed by atoms with van der Waals surface area (Å²) in [5.41, 5.74) is 6.00. The van der Waals surface area contributed by atoms with Crippen molar-refractivity contribution < 1.29 is 4.79 Å². The Morgan fingerprint density at radius 1 is 1.40 bits per heavy atom. The molecule has 6 nitrogen and oxygen atoms in total. The Morgan fingerprint density at radius 2 is 2.20 bits per heavy atom. The van der Waals surface area contributed by atoms with Gasteiger partial charge in [-0.3, -0.25) is 9.79 Å². The van der Waals surface area contributed by atoms with Gasteiger partial charge in [-0.2, -0.15) is 0 Å². The number of fused-ring (bicyclic) bond motifs is 1. The first-order valence-electron chi connectivity index (χ1n) is 7.22. The van der Waals surface area contributed by atoms with Crippen molar-refractivity contribution in [3.05, 3.63) is 23.8 Å². The molecule has 2 saturated heterocycles. The fourth-order valence-corrected chi connectivity index (χ4v) is 2.97. The highest BCUT2D eigenvalue weighted by Gasteiger charge is 2.34. The Hall–Kier alpha value is -1.82. The van der Waals surface area contributed by atoms with Gasteiger partial charge in [0.05, 0.1) is 18.6 Å². The van der Waals surface area contributed by atoms with Crippen LogP contribution in [0.3, 0.4) is 0 Å². The summed E-state index contributed by atoms with van der Waals surface area (Å²) < 4.78 is 0. The highest BCUT2D eigenvalue weighted by atomic mass is 16.1. The Balaban J connectivity index is 1.57. The topological polar surface area (TPSA) is 82.8 Å². The van der Waals surface area contributed by atoms with Crippen molar-refractivity contribution in [2.75, 3.05) is 26.2 Å². The quantitative estimate of drug-likeness (QED) is 0.637. The molecule has 20 heavy (non-hydrogen) atoms. The van der Waals surface area contributed by atoms with Crippen LogP contribution in [0.2, 0.25) is 0 Å². The van der Waals surface area contributed by atoms with Gasteiger partial charge in [-0.05, 0) is 25.9 Å². The van der Waals surface area contributed by atoms with Crippen molar-refractivity contribution in [2.24, 2.45) is 10.7 Å². The van der Waals surface area contributed by atoms with Crippen LogP contribution in [0.5, 0.6) is 0 Å². The average molecular weight is 275 g/mol. The van der Waals surface area contributed by atoms with Crippen molar-refractivity contribution in [1.82, 2.24) is 15.5 Å². The molecular weight excluding hydrogens is 254 g/mol. The molecule has 2 atom stereocenters. The van der Waals surface area contributed by atoms with Crippen LogP contribution < -0.4 is 16.4 Å². The van der Waals surface area contributed by atoms with E-state index < -0.39 is 0 Å². The number of rotatable bonds is 4. The monoisotopic (exact) mass is 275 g/mol. The van der Waals surface area contributed by atoms with Crippen molar-refractivity contribution in [3.63, 3.8) is 0 Å². The lowest BCUT2D eigenvalue weighted by atomic mass is 9.95. The Morgan fingerprint density at radius 3 is 2.95 bits per heavy atom. The number of amides is 1. The largest absolute Gasteiger partial charge is 0.366 e. The molecule has 1 aliphatic carbocycles. The molecule has 1 amide bonds. The molecule has 0 radical (unpaired) electrons. The molecule has 0 aromatic heterocycles. The van der Waals surface area contributed by atoms with Crippen molar-refractivity contribution in [1.29, 1.82) is 0 Å². The van der Waals surface area contributed by atoms with E-state index in [4.69, 9.17) is 5.73 Å². The van der Waals surface area contributed by atoms with Gasteiger partial charge >= 0.3 is 0 Å². The maximum Gasteiger partial charge on any atom is 0.246 e. The number of likely N-dealkylation sites (tertiary alicyclic amines) is 1. The Labute approximate surface area is 118 Å². The van der Waals surface area contributed by atoms with E-state index in [1.165, 1.54) is 25.9 Å². The first kappa shape index (κ1) is 13.2. The van der Waals surface area contributed by atoms with Crippen molar-refractivity contribution in [3.8, 4) is 0 Å². The second-order valence-electron chi connectivity index (χ2n) is 5.44. The number of primary amides is 1. The summed E-state index contributed by atoms with van der Waals surface area (Å²) in [4.78, 5) is 18.4. The number of nitrogens with zero attached hydrogens (tertiary/aromatic N) is 2. The summed E-state index contributed by atoms with van der Waals surface area (Å²) in [5.74, 6) is 0.384. The van der Waals surface area contributed by atoms with Crippen molar-refractivity contribution in [2.45, 2.75) is 24.9 Å². The van der Waals surface area contributed by atoms with E-state index in [9.17, 15) is 4.79 Å². The maximum absolute atomic E-state index is 11.4. The summed E-state index contributed by atoms with van der Waals surface area (Å²) in [5, 5.41) is 6.54. The Kier molecular flexibility index (Phi) is 3.73. The van der Waals surface area contributed by atoms with E-state index in [2.05, 4.69) is 20.5 Å². The third-order valence-electron chi connectivity index (χ3n) is 4.05. The summed E-state index contributed by atoms with van der Waals surface area (Å²) in [6.45, 7) is 4.15. The van der Waals surface area contributed by atoms with E-state index in [1.54, 1.807) is 6.08 Å². The number of hydrogen-bond donors (Lipinski definition) is 3. The first-order chi connectivity index (χ1) is 9.74.